The van der Waals surface area contributed by atoms with E-state index in [2.05, 4.69) is 15.3 Å². The molecule has 0 unspecified atom stereocenters. The zero-order valence-corrected chi connectivity index (χ0v) is 16.4. The van der Waals surface area contributed by atoms with Crippen LogP contribution in [0.4, 0.5) is 14.6 Å². The second kappa shape index (κ2) is 7.90. The Kier molecular flexibility index (Phi) is 5.73. The monoisotopic (exact) mass is 413 g/mol. The third-order valence-electron chi connectivity index (χ3n) is 4.93. The lowest BCUT2D eigenvalue weighted by atomic mass is 9.94. The normalized spacial score (nSPS) is 15.8. The summed E-state index contributed by atoms with van der Waals surface area (Å²) in [4.78, 5) is 13.4. The minimum Gasteiger partial charge on any atom is -0.356 e. The van der Waals surface area contributed by atoms with Crippen molar-refractivity contribution in [2.75, 3.05) is 18.2 Å². The summed E-state index contributed by atoms with van der Waals surface area (Å²) in [7, 11) is -1.82. The second-order valence-electron chi connectivity index (χ2n) is 6.86. The van der Waals surface area contributed by atoms with Gasteiger partial charge in [-0.1, -0.05) is 19.3 Å². The number of hydrogen-bond acceptors (Lipinski definition) is 7. The summed E-state index contributed by atoms with van der Waals surface area (Å²) in [5.74, 6) is 0.263. The molecule has 0 spiro atoms. The maximum absolute atomic E-state index is 13.5. The van der Waals surface area contributed by atoms with Gasteiger partial charge in [-0.15, -0.1) is 10.2 Å². The number of aldehydes is 1. The van der Waals surface area contributed by atoms with Crippen molar-refractivity contribution in [3.8, 4) is 5.82 Å². The summed E-state index contributed by atoms with van der Waals surface area (Å²) < 4.78 is 51.3. The third kappa shape index (κ3) is 3.89. The summed E-state index contributed by atoms with van der Waals surface area (Å²) in [6, 6.07) is 2.64. The lowest BCUT2D eigenvalue weighted by molar-refractivity contribution is 0.110. The van der Waals surface area contributed by atoms with Crippen molar-refractivity contribution in [3.63, 3.8) is 0 Å². The van der Waals surface area contributed by atoms with E-state index < -0.39 is 22.0 Å². The van der Waals surface area contributed by atoms with Crippen LogP contribution in [-0.2, 0) is 9.84 Å². The number of nitrogens with zero attached hydrogens (tertiary/aromatic N) is 5. The van der Waals surface area contributed by atoms with Gasteiger partial charge in [0.2, 0.25) is 0 Å². The predicted octanol–water partition coefficient (Wildman–Crippen LogP) is 2.58. The van der Waals surface area contributed by atoms with Crippen LogP contribution in [0.3, 0.4) is 0 Å². The largest absolute Gasteiger partial charge is 0.356 e. The van der Waals surface area contributed by atoms with Gasteiger partial charge < -0.3 is 4.90 Å². The molecule has 2 heterocycles. The molecule has 0 aliphatic heterocycles. The quantitative estimate of drug-likeness (QED) is 0.671. The zero-order chi connectivity index (χ0) is 20.5. The topological polar surface area (TPSA) is 98.1 Å². The smallest absolute Gasteiger partial charge is 0.282 e. The molecule has 2 aromatic rings. The number of aromatic nitrogens is 4. The van der Waals surface area contributed by atoms with Crippen molar-refractivity contribution in [2.45, 2.75) is 49.6 Å². The number of hydrogen-bond donors (Lipinski definition) is 0. The van der Waals surface area contributed by atoms with E-state index in [0.29, 0.717) is 6.29 Å². The van der Waals surface area contributed by atoms with Crippen LogP contribution in [0.5, 0.6) is 0 Å². The molecule has 1 aliphatic rings. The molecule has 0 atom stereocenters. The first kappa shape index (κ1) is 20.3. The molecule has 152 valence electrons. The molecule has 1 saturated carbocycles. The lowest BCUT2D eigenvalue weighted by Crippen LogP contribution is -2.35. The molecule has 28 heavy (non-hydrogen) atoms. The molecule has 1 aliphatic carbocycles. The van der Waals surface area contributed by atoms with Gasteiger partial charge in [-0.2, -0.15) is 9.78 Å². The first-order valence-corrected chi connectivity index (χ1v) is 10.8. The van der Waals surface area contributed by atoms with Gasteiger partial charge in [0.25, 0.3) is 6.43 Å². The Morgan fingerprint density at radius 3 is 2.39 bits per heavy atom. The second-order valence-corrected chi connectivity index (χ2v) is 8.82. The molecule has 3 rings (SSSR count). The van der Waals surface area contributed by atoms with Crippen LogP contribution in [0, 0.1) is 0 Å². The number of carbonyl (C=O) groups excluding carboxylic acids is 1. The fraction of sp³-hybridized carbons (Fsp3) is 0.529. The summed E-state index contributed by atoms with van der Waals surface area (Å²) in [6.45, 7) is 0. The Bertz CT molecular complexity index is 954. The maximum atomic E-state index is 13.5. The molecule has 8 nitrogen and oxygen atoms in total. The molecule has 0 amide bonds. The Morgan fingerprint density at radius 1 is 1.21 bits per heavy atom. The zero-order valence-electron chi connectivity index (χ0n) is 15.5. The van der Waals surface area contributed by atoms with Crippen molar-refractivity contribution in [2.24, 2.45) is 0 Å². The molecule has 0 saturated heterocycles. The number of alkyl halides is 2. The molecular formula is C17H21F2N5O3S. The van der Waals surface area contributed by atoms with Crippen LogP contribution in [0.2, 0.25) is 0 Å². The van der Waals surface area contributed by atoms with Crippen LogP contribution >= 0.6 is 0 Å². The van der Waals surface area contributed by atoms with E-state index in [1.54, 1.807) is 11.9 Å². The van der Waals surface area contributed by atoms with Gasteiger partial charge in [-0.25, -0.2) is 17.2 Å². The highest BCUT2D eigenvalue weighted by Gasteiger charge is 2.30. The highest BCUT2D eigenvalue weighted by molar-refractivity contribution is 7.90. The van der Waals surface area contributed by atoms with Crippen LogP contribution in [0.15, 0.2) is 17.2 Å². The van der Waals surface area contributed by atoms with Crippen molar-refractivity contribution >= 4 is 21.9 Å². The Morgan fingerprint density at radius 2 is 1.89 bits per heavy atom. The van der Waals surface area contributed by atoms with Crippen molar-refractivity contribution in [1.29, 1.82) is 0 Å². The van der Waals surface area contributed by atoms with Crippen molar-refractivity contribution in [3.05, 3.63) is 23.4 Å². The fourth-order valence-electron chi connectivity index (χ4n) is 3.48. The van der Waals surface area contributed by atoms with Gasteiger partial charge in [0.05, 0.1) is 5.56 Å². The van der Waals surface area contributed by atoms with E-state index in [0.717, 1.165) is 43.0 Å². The van der Waals surface area contributed by atoms with E-state index in [1.807, 2.05) is 0 Å². The number of sulfone groups is 1. The van der Waals surface area contributed by atoms with Gasteiger partial charge in [0, 0.05) is 19.3 Å². The van der Waals surface area contributed by atoms with Gasteiger partial charge in [0.1, 0.15) is 11.5 Å². The average Bonchev–Trinajstić information content (AvgIpc) is 3.07. The summed E-state index contributed by atoms with van der Waals surface area (Å²) in [5, 5.41) is 11.2. The summed E-state index contributed by atoms with van der Waals surface area (Å²) in [6.07, 6.45) is 3.33. The molecule has 1 fully saturated rings. The van der Waals surface area contributed by atoms with Crippen LogP contribution in [0.1, 0.15) is 54.6 Å². The lowest BCUT2D eigenvalue weighted by Gasteiger charge is -2.33. The molecule has 0 N–H and O–H groups in total. The van der Waals surface area contributed by atoms with E-state index >= 15 is 0 Å². The summed E-state index contributed by atoms with van der Waals surface area (Å²) in [5.41, 5.74) is -0.835. The van der Waals surface area contributed by atoms with Crippen molar-refractivity contribution < 1.29 is 22.0 Å². The molecule has 0 aromatic carbocycles. The number of rotatable bonds is 6. The highest BCUT2D eigenvalue weighted by atomic mass is 32.2. The third-order valence-corrected chi connectivity index (χ3v) is 5.91. The Hall–Kier alpha value is -2.43. The Balaban J connectivity index is 2.12. The van der Waals surface area contributed by atoms with Crippen LogP contribution < -0.4 is 4.90 Å². The van der Waals surface area contributed by atoms with Gasteiger partial charge in [-0.05, 0) is 25.0 Å². The molecule has 0 radical (unpaired) electrons. The molecule has 0 bridgehead atoms. The first-order chi connectivity index (χ1) is 13.2. The number of carbonyl (C=O) groups is 1. The minimum atomic E-state index is -3.56. The number of anilines is 1. The first-order valence-electron chi connectivity index (χ1n) is 8.87. The molecule has 2 aromatic heterocycles. The van der Waals surface area contributed by atoms with E-state index in [4.69, 9.17) is 0 Å². The number of halogens is 2. The van der Waals surface area contributed by atoms with Gasteiger partial charge in [0.15, 0.2) is 27.0 Å². The Labute approximate surface area is 161 Å². The van der Waals surface area contributed by atoms with E-state index in [-0.39, 0.29) is 28.3 Å². The standard InChI is InChI=1S/C17H21F2N5O3S/c1-23(11-6-4-3-5-7-11)17-12(10-25)15(16(18)19)22-24(17)13-8-9-14(21-20-13)28(2,26)27/h8-11,16H,3-7H2,1-2H3. The predicted molar refractivity (Wildman–Crippen MR) is 97.9 cm³/mol. The van der Waals surface area contributed by atoms with Crippen LogP contribution in [0.25, 0.3) is 5.82 Å². The van der Waals surface area contributed by atoms with Crippen molar-refractivity contribution in [1.82, 2.24) is 20.0 Å². The fourth-order valence-corrected chi connectivity index (χ4v) is 3.98. The minimum absolute atomic E-state index is 0.0556. The van der Waals surface area contributed by atoms with E-state index in [1.165, 1.54) is 12.1 Å². The SMILES string of the molecule is CN(c1c(C=O)c(C(F)F)nn1-c1ccc(S(C)(=O)=O)nn1)C1CCCCC1. The van der Waals surface area contributed by atoms with Crippen LogP contribution in [-0.4, -0.2) is 54.0 Å². The molecule has 11 heteroatoms. The molecular weight excluding hydrogens is 392 g/mol. The highest BCUT2D eigenvalue weighted by Crippen LogP contribution is 2.34. The van der Waals surface area contributed by atoms with E-state index in [9.17, 15) is 22.0 Å². The maximum Gasteiger partial charge on any atom is 0.282 e. The summed E-state index contributed by atoms with van der Waals surface area (Å²) >= 11 is 0. The van der Waals surface area contributed by atoms with Gasteiger partial charge >= 0.3 is 0 Å². The van der Waals surface area contributed by atoms with Gasteiger partial charge in [-0.3, -0.25) is 4.79 Å². The average molecular weight is 413 g/mol.